The molecule has 1 amide bonds. The van der Waals surface area contributed by atoms with Crippen molar-refractivity contribution >= 4 is 30.1 Å². The largest absolute Gasteiger partial charge is 0.487 e. The van der Waals surface area contributed by atoms with Gasteiger partial charge in [-0.2, -0.15) is 0 Å². The molecule has 0 radical (unpaired) electrons. The van der Waals surface area contributed by atoms with Gasteiger partial charge >= 0.3 is 0 Å². The van der Waals surface area contributed by atoms with Crippen LogP contribution in [0, 0.1) is 0 Å². The molecule has 0 spiro atoms. The number of nitrogens with one attached hydrogen (secondary N) is 2. The molecule has 1 aromatic carbocycles. The molecule has 4 nitrogen and oxygen atoms in total. The van der Waals surface area contributed by atoms with E-state index < -0.39 is 0 Å². The Balaban J connectivity index is 0.00000161. The summed E-state index contributed by atoms with van der Waals surface area (Å²) in [6, 6.07) is 7.91. The minimum absolute atomic E-state index is 0. The smallest absolute Gasteiger partial charge is 0.238 e. The molecule has 0 saturated carbocycles. The predicted molar refractivity (Wildman–Crippen MR) is 88.1 cm³/mol. The van der Waals surface area contributed by atoms with Crippen LogP contribution >= 0.6 is 24.2 Å². The highest BCUT2D eigenvalue weighted by molar-refractivity contribution is 7.99. The monoisotopic (exact) mass is 328 g/mol. The van der Waals surface area contributed by atoms with E-state index in [4.69, 9.17) is 4.74 Å². The average Bonchev–Trinajstić information content (AvgIpc) is 2.91. The van der Waals surface area contributed by atoms with Crippen molar-refractivity contribution < 1.29 is 9.53 Å². The first kappa shape index (κ1) is 16.5. The van der Waals surface area contributed by atoms with Crippen LogP contribution in [0.2, 0.25) is 0 Å². The van der Waals surface area contributed by atoms with Crippen molar-refractivity contribution in [3.05, 3.63) is 29.8 Å². The highest BCUT2D eigenvalue weighted by Gasteiger charge is 2.35. The van der Waals surface area contributed by atoms with Crippen molar-refractivity contribution in [2.24, 2.45) is 0 Å². The molecular formula is C15H21ClN2O2S. The van der Waals surface area contributed by atoms with Gasteiger partial charge < -0.3 is 10.1 Å². The molecule has 0 aromatic heterocycles. The molecule has 2 unspecified atom stereocenters. The van der Waals surface area contributed by atoms with Crippen molar-refractivity contribution in [1.82, 2.24) is 10.6 Å². The zero-order valence-corrected chi connectivity index (χ0v) is 13.9. The molecule has 1 aromatic rings. The van der Waals surface area contributed by atoms with E-state index in [9.17, 15) is 4.79 Å². The molecule has 116 valence electrons. The number of fused-ring (bicyclic) bond motifs is 1. The Labute approximate surface area is 135 Å². The zero-order chi connectivity index (χ0) is 14.2. The van der Waals surface area contributed by atoms with Crippen molar-refractivity contribution in [2.45, 2.75) is 38.0 Å². The topological polar surface area (TPSA) is 50.4 Å². The first-order valence-electron chi connectivity index (χ1n) is 6.95. The number of benzene rings is 1. The van der Waals surface area contributed by atoms with E-state index in [-0.39, 0.29) is 36.0 Å². The SMILES string of the molecule is CC1(C)CC(NC(=O)C2CSCN2)c2ccccc2O1.Cl. The molecular weight excluding hydrogens is 308 g/mol. The number of thioether (sulfide) groups is 1. The van der Waals surface area contributed by atoms with Gasteiger partial charge in [0.05, 0.1) is 12.1 Å². The van der Waals surface area contributed by atoms with Gasteiger partial charge in [-0.25, -0.2) is 0 Å². The molecule has 1 fully saturated rings. The Morgan fingerprint density at radius 1 is 1.43 bits per heavy atom. The van der Waals surface area contributed by atoms with Crippen LogP contribution in [0.15, 0.2) is 24.3 Å². The Morgan fingerprint density at radius 2 is 2.19 bits per heavy atom. The first-order valence-corrected chi connectivity index (χ1v) is 8.10. The van der Waals surface area contributed by atoms with Crippen LogP contribution in [0.1, 0.15) is 31.9 Å². The summed E-state index contributed by atoms with van der Waals surface area (Å²) >= 11 is 1.76. The van der Waals surface area contributed by atoms with Crippen LogP contribution in [0.5, 0.6) is 5.75 Å². The van der Waals surface area contributed by atoms with Gasteiger partial charge in [-0.1, -0.05) is 18.2 Å². The van der Waals surface area contributed by atoms with Crippen LogP contribution in [0.4, 0.5) is 0 Å². The number of amides is 1. The lowest BCUT2D eigenvalue weighted by atomic mass is 9.89. The van der Waals surface area contributed by atoms with Crippen molar-refractivity contribution in [3.63, 3.8) is 0 Å². The molecule has 1 saturated heterocycles. The lowest BCUT2D eigenvalue weighted by Crippen LogP contribution is -2.47. The van der Waals surface area contributed by atoms with Crippen LogP contribution in [0.25, 0.3) is 0 Å². The van der Waals surface area contributed by atoms with E-state index >= 15 is 0 Å². The maximum atomic E-state index is 12.3. The lowest BCUT2D eigenvalue weighted by Gasteiger charge is -2.38. The molecule has 0 bridgehead atoms. The van der Waals surface area contributed by atoms with Gasteiger partial charge in [-0.05, 0) is 19.9 Å². The number of hydrogen-bond acceptors (Lipinski definition) is 4. The molecule has 3 rings (SSSR count). The van der Waals surface area contributed by atoms with Gasteiger partial charge in [0, 0.05) is 23.6 Å². The van der Waals surface area contributed by atoms with Gasteiger partial charge in [0.2, 0.25) is 5.91 Å². The van der Waals surface area contributed by atoms with E-state index in [1.807, 2.05) is 24.3 Å². The number of ether oxygens (including phenoxy) is 1. The number of carbonyl (C=O) groups excluding carboxylic acids is 1. The van der Waals surface area contributed by atoms with E-state index in [1.54, 1.807) is 11.8 Å². The molecule has 2 N–H and O–H groups in total. The lowest BCUT2D eigenvalue weighted by molar-refractivity contribution is -0.123. The van der Waals surface area contributed by atoms with Gasteiger partial charge in [-0.15, -0.1) is 24.2 Å². The Kier molecular flexibility index (Phi) is 5.07. The fraction of sp³-hybridized carbons (Fsp3) is 0.533. The molecule has 0 aliphatic carbocycles. The molecule has 2 atom stereocenters. The van der Waals surface area contributed by atoms with Crippen LogP contribution in [-0.2, 0) is 4.79 Å². The quantitative estimate of drug-likeness (QED) is 0.875. The summed E-state index contributed by atoms with van der Waals surface area (Å²) in [7, 11) is 0. The average molecular weight is 329 g/mol. The second-order valence-corrected chi connectivity index (χ2v) is 6.97. The van der Waals surface area contributed by atoms with Crippen molar-refractivity contribution in [1.29, 1.82) is 0 Å². The van der Waals surface area contributed by atoms with Crippen LogP contribution in [-0.4, -0.2) is 29.2 Å². The summed E-state index contributed by atoms with van der Waals surface area (Å²) < 4.78 is 5.99. The zero-order valence-electron chi connectivity index (χ0n) is 12.2. The van der Waals surface area contributed by atoms with E-state index in [1.165, 1.54) is 0 Å². The third-order valence-electron chi connectivity index (χ3n) is 3.73. The van der Waals surface area contributed by atoms with Gasteiger partial charge in [0.1, 0.15) is 11.4 Å². The number of hydrogen-bond donors (Lipinski definition) is 2. The second-order valence-electron chi connectivity index (χ2n) is 5.94. The maximum absolute atomic E-state index is 12.3. The fourth-order valence-electron chi connectivity index (χ4n) is 2.77. The van der Waals surface area contributed by atoms with Crippen molar-refractivity contribution in [3.8, 4) is 5.75 Å². The van der Waals surface area contributed by atoms with Gasteiger partial charge in [0.25, 0.3) is 0 Å². The first-order chi connectivity index (χ1) is 9.55. The molecule has 6 heteroatoms. The van der Waals surface area contributed by atoms with Crippen molar-refractivity contribution in [2.75, 3.05) is 11.6 Å². The number of carbonyl (C=O) groups is 1. The number of halogens is 1. The highest BCUT2D eigenvalue weighted by Crippen LogP contribution is 2.39. The van der Waals surface area contributed by atoms with E-state index in [0.717, 1.165) is 29.4 Å². The highest BCUT2D eigenvalue weighted by atomic mass is 35.5. The van der Waals surface area contributed by atoms with E-state index in [0.29, 0.717) is 0 Å². The molecule has 2 aliphatic rings. The Hall–Kier alpha value is -0.910. The summed E-state index contributed by atoms with van der Waals surface area (Å²) in [5.41, 5.74) is 0.815. The van der Waals surface area contributed by atoms with E-state index in [2.05, 4.69) is 24.5 Å². The maximum Gasteiger partial charge on any atom is 0.238 e. The number of rotatable bonds is 2. The third kappa shape index (κ3) is 3.65. The summed E-state index contributed by atoms with van der Waals surface area (Å²) in [5.74, 6) is 2.67. The molecule has 2 aliphatic heterocycles. The molecule has 2 heterocycles. The predicted octanol–water partition coefficient (Wildman–Crippen LogP) is 2.49. The standard InChI is InChI=1S/C15H20N2O2S.ClH/c1-15(2)7-11(10-5-3-4-6-13(10)19-15)17-14(18)12-8-20-9-16-12;/h3-6,11-12,16H,7-9H2,1-2H3,(H,17,18);1H. The van der Waals surface area contributed by atoms with Crippen LogP contribution < -0.4 is 15.4 Å². The number of para-hydroxylation sites is 1. The minimum atomic E-state index is -0.260. The second kappa shape index (κ2) is 6.46. The fourth-order valence-corrected chi connectivity index (χ4v) is 3.71. The molecule has 21 heavy (non-hydrogen) atoms. The summed E-state index contributed by atoms with van der Waals surface area (Å²) in [4.78, 5) is 12.3. The third-order valence-corrected chi connectivity index (χ3v) is 4.67. The summed E-state index contributed by atoms with van der Waals surface area (Å²) in [6.07, 6.45) is 0.787. The van der Waals surface area contributed by atoms with Gasteiger partial charge in [-0.3, -0.25) is 10.1 Å². The van der Waals surface area contributed by atoms with Crippen LogP contribution in [0.3, 0.4) is 0 Å². The Morgan fingerprint density at radius 3 is 2.90 bits per heavy atom. The normalized spacial score (nSPS) is 26.2. The Bertz CT molecular complexity index is 518. The summed E-state index contributed by atoms with van der Waals surface area (Å²) in [5, 5.41) is 6.39. The van der Waals surface area contributed by atoms with Gasteiger partial charge in [0.15, 0.2) is 0 Å². The minimum Gasteiger partial charge on any atom is -0.487 e. The summed E-state index contributed by atoms with van der Waals surface area (Å²) in [6.45, 7) is 4.12.